The van der Waals surface area contributed by atoms with Gasteiger partial charge in [-0.25, -0.2) is 4.98 Å². The van der Waals surface area contributed by atoms with Crippen LogP contribution in [0.5, 0.6) is 0 Å². The van der Waals surface area contributed by atoms with Crippen molar-refractivity contribution in [2.75, 3.05) is 31.1 Å². The Labute approximate surface area is 114 Å². The van der Waals surface area contributed by atoms with Gasteiger partial charge in [-0.1, -0.05) is 12.8 Å². The third-order valence-corrected chi connectivity index (χ3v) is 4.33. The first-order valence-corrected chi connectivity index (χ1v) is 7.27. The zero-order chi connectivity index (χ0) is 13.1. The molecular weight excluding hydrogens is 240 g/mol. The van der Waals surface area contributed by atoms with Crippen LogP contribution in [0, 0.1) is 0 Å². The number of piperazine rings is 1. The normalized spacial score (nSPS) is 22.1. The SMILES string of the molecule is OCc1cnc(N2CCN(C3CCCC3)CC2)cn1. The van der Waals surface area contributed by atoms with E-state index >= 15 is 0 Å². The first kappa shape index (κ1) is 12.8. The summed E-state index contributed by atoms with van der Waals surface area (Å²) in [7, 11) is 0. The van der Waals surface area contributed by atoms with E-state index in [-0.39, 0.29) is 6.61 Å². The molecular formula is C14H22N4O. The molecule has 2 aliphatic rings. The number of aliphatic hydroxyl groups is 1. The fraction of sp³-hybridized carbons (Fsp3) is 0.714. The Balaban J connectivity index is 1.56. The molecule has 1 aromatic heterocycles. The lowest BCUT2D eigenvalue weighted by Crippen LogP contribution is -2.50. The van der Waals surface area contributed by atoms with Crippen LogP contribution in [0.3, 0.4) is 0 Å². The van der Waals surface area contributed by atoms with Crippen LogP contribution >= 0.6 is 0 Å². The van der Waals surface area contributed by atoms with E-state index in [2.05, 4.69) is 19.8 Å². The van der Waals surface area contributed by atoms with E-state index in [4.69, 9.17) is 5.11 Å². The Bertz CT molecular complexity index is 394. The van der Waals surface area contributed by atoms with Crippen molar-refractivity contribution in [3.63, 3.8) is 0 Å². The molecule has 104 valence electrons. The van der Waals surface area contributed by atoms with E-state index in [1.165, 1.54) is 25.7 Å². The summed E-state index contributed by atoms with van der Waals surface area (Å²) in [5.74, 6) is 0.934. The van der Waals surface area contributed by atoms with Gasteiger partial charge in [0.25, 0.3) is 0 Å². The van der Waals surface area contributed by atoms with E-state index in [1.54, 1.807) is 12.4 Å². The Morgan fingerprint density at radius 2 is 1.79 bits per heavy atom. The molecule has 19 heavy (non-hydrogen) atoms. The number of hydrogen-bond donors (Lipinski definition) is 1. The zero-order valence-electron chi connectivity index (χ0n) is 11.3. The van der Waals surface area contributed by atoms with Crippen molar-refractivity contribution in [2.24, 2.45) is 0 Å². The first-order valence-electron chi connectivity index (χ1n) is 7.27. The van der Waals surface area contributed by atoms with Gasteiger partial charge in [0.1, 0.15) is 5.82 Å². The smallest absolute Gasteiger partial charge is 0.147 e. The molecule has 1 aliphatic carbocycles. The average molecular weight is 262 g/mol. The van der Waals surface area contributed by atoms with Gasteiger partial charge in [0.15, 0.2) is 0 Å². The summed E-state index contributed by atoms with van der Waals surface area (Å²) in [6.07, 6.45) is 9.00. The number of rotatable bonds is 3. The van der Waals surface area contributed by atoms with E-state index in [9.17, 15) is 0 Å². The Kier molecular flexibility index (Phi) is 3.94. The third kappa shape index (κ3) is 2.87. The molecule has 2 fully saturated rings. The number of aliphatic hydroxyl groups excluding tert-OH is 1. The van der Waals surface area contributed by atoms with Crippen LogP contribution in [-0.4, -0.2) is 52.2 Å². The fourth-order valence-corrected chi connectivity index (χ4v) is 3.18. The van der Waals surface area contributed by atoms with Crippen LogP contribution < -0.4 is 4.90 Å². The quantitative estimate of drug-likeness (QED) is 0.882. The van der Waals surface area contributed by atoms with Crippen LogP contribution in [0.1, 0.15) is 31.4 Å². The lowest BCUT2D eigenvalue weighted by molar-refractivity contribution is 0.187. The van der Waals surface area contributed by atoms with Crippen LogP contribution in [0.2, 0.25) is 0 Å². The van der Waals surface area contributed by atoms with Gasteiger partial charge in [0.05, 0.1) is 24.7 Å². The van der Waals surface area contributed by atoms with Crippen LogP contribution in [0.15, 0.2) is 12.4 Å². The maximum atomic E-state index is 8.97. The van der Waals surface area contributed by atoms with Crippen molar-refractivity contribution in [3.05, 3.63) is 18.1 Å². The van der Waals surface area contributed by atoms with Crippen LogP contribution in [0.4, 0.5) is 5.82 Å². The molecule has 0 atom stereocenters. The van der Waals surface area contributed by atoms with Crippen molar-refractivity contribution in [1.29, 1.82) is 0 Å². The van der Waals surface area contributed by atoms with Crippen LogP contribution in [0.25, 0.3) is 0 Å². The predicted octanol–water partition coefficient (Wildman–Crippen LogP) is 1.03. The lowest BCUT2D eigenvalue weighted by Gasteiger charge is -2.38. The first-order chi connectivity index (χ1) is 9.36. The molecule has 0 spiro atoms. The molecule has 5 heteroatoms. The minimum absolute atomic E-state index is 0.0390. The molecule has 0 radical (unpaired) electrons. The molecule has 1 aromatic rings. The maximum absolute atomic E-state index is 8.97. The lowest BCUT2D eigenvalue weighted by atomic mass is 10.2. The van der Waals surface area contributed by atoms with Crippen molar-refractivity contribution < 1.29 is 5.11 Å². The molecule has 0 amide bonds. The van der Waals surface area contributed by atoms with Crippen molar-refractivity contribution in [2.45, 2.75) is 38.3 Å². The monoisotopic (exact) mass is 262 g/mol. The summed E-state index contributed by atoms with van der Waals surface area (Å²) < 4.78 is 0. The second kappa shape index (κ2) is 5.84. The van der Waals surface area contributed by atoms with E-state index in [1.807, 2.05) is 0 Å². The van der Waals surface area contributed by atoms with Crippen molar-refractivity contribution >= 4 is 5.82 Å². The predicted molar refractivity (Wildman–Crippen MR) is 74.0 cm³/mol. The number of nitrogens with zero attached hydrogens (tertiary/aromatic N) is 4. The van der Waals surface area contributed by atoms with Crippen molar-refractivity contribution in [3.8, 4) is 0 Å². The highest BCUT2D eigenvalue weighted by molar-refractivity contribution is 5.36. The minimum Gasteiger partial charge on any atom is -0.390 e. The van der Waals surface area contributed by atoms with Gasteiger partial charge in [0, 0.05) is 32.2 Å². The molecule has 0 bridgehead atoms. The summed E-state index contributed by atoms with van der Waals surface area (Å²) in [6, 6.07) is 0.824. The molecule has 5 nitrogen and oxygen atoms in total. The summed E-state index contributed by atoms with van der Waals surface area (Å²) >= 11 is 0. The largest absolute Gasteiger partial charge is 0.390 e. The van der Waals surface area contributed by atoms with Gasteiger partial charge in [0.2, 0.25) is 0 Å². The Morgan fingerprint density at radius 3 is 2.37 bits per heavy atom. The summed E-state index contributed by atoms with van der Waals surface area (Å²) in [5.41, 5.74) is 0.633. The standard InChI is InChI=1S/C14H22N4O/c19-11-12-9-16-14(10-15-12)18-7-5-17(6-8-18)13-3-1-2-4-13/h9-10,13,19H,1-8,11H2. The van der Waals surface area contributed by atoms with Crippen molar-refractivity contribution in [1.82, 2.24) is 14.9 Å². The molecule has 0 aromatic carbocycles. The molecule has 1 saturated heterocycles. The molecule has 3 rings (SSSR count). The minimum atomic E-state index is -0.0390. The highest BCUT2D eigenvalue weighted by Gasteiger charge is 2.26. The Morgan fingerprint density at radius 1 is 1.05 bits per heavy atom. The summed E-state index contributed by atoms with van der Waals surface area (Å²) in [4.78, 5) is 13.5. The third-order valence-electron chi connectivity index (χ3n) is 4.33. The van der Waals surface area contributed by atoms with Gasteiger partial charge in [-0.2, -0.15) is 0 Å². The fourth-order valence-electron chi connectivity index (χ4n) is 3.18. The number of aromatic nitrogens is 2. The van der Waals surface area contributed by atoms with Gasteiger partial charge in [-0.3, -0.25) is 9.88 Å². The topological polar surface area (TPSA) is 52.5 Å². The second-order valence-corrected chi connectivity index (χ2v) is 5.49. The Hall–Kier alpha value is -1.20. The number of hydrogen-bond acceptors (Lipinski definition) is 5. The summed E-state index contributed by atoms with van der Waals surface area (Å²) in [6.45, 7) is 4.29. The summed E-state index contributed by atoms with van der Waals surface area (Å²) in [5, 5.41) is 8.97. The van der Waals surface area contributed by atoms with Gasteiger partial charge >= 0.3 is 0 Å². The van der Waals surface area contributed by atoms with E-state index in [0.717, 1.165) is 38.0 Å². The van der Waals surface area contributed by atoms with Gasteiger partial charge in [-0.05, 0) is 12.8 Å². The average Bonchev–Trinajstić information content (AvgIpc) is 3.02. The molecule has 1 saturated carbocycles. The van der Waals surface area contributed by atoms with Crippen LogP contribution in [-0.2, 0) is 6.61 Å². The second-order valence-electron chi connectivity index (χ2n) is 5.49. The van der Waals surface area contributed by atoms with Gasteiger partial charge in [-0.15, -0.1) is 0 Å². The highest BCUT2D eigenvalue weighted by atomic mass is 16.3. The van der Waals surface area contributed by atoms with Gasteiger partial charge < -0.3 is 10.0 Å². The van der Waals surface area contributed by atoms with E-state index < -0.39 is 0 Å². The molecule has 1 N–H and O–H groups in total. The highest BCUT2D eigenvalue weighted by Crippen LogP contribution is 2.25. The molecule has 2 heterocycles. The molecule has 0 unspecified atom stereocenters. The number of anilines is 1. The van der Waals surface area contributed by atoms with E-state index in [0.29, 0.717) is 5.69 Å². The zero-order valence-corrected chi connectivity index (χ0v) is 11.3. The molecule has 1 aliphatic heterocycles. The maximum Gasteiger partial charge on any atom is 0.147 e.